The van der Waals surface area contributed by atoms with Crippen molar-refractivity contribution in [3.63, 3.8) is 0 Å². The number of thiazole rings is 1. The molecule has 5 rings (SSSR count). The smallest absolute Gasteiger partial charge is 0.212 e. The Morgan fingerprint density at radius 2 is 1.83 bits per heavy atom. The number of pyridine rings is 2. The number of hydrogen-bond acceptors (Lipinski definition) is 6. The third-order valence-electron chi connectivity index (χ3n) is 5.28. The molecule has 3 aromatic heterocycles. The maximum absolute atomic E-state index is 13.1. The van der Waals surface area contributed by atoms with Crippen LogP contribution in [0.15, 0.2) is 54.9 Å². The van der Waals surface area contributed by atoms with Crippen molar-refractivity contribution in [1.29, 1.82) is 0 Å². The molecular weight excluding hydrogens is 399 g/mol. The van der Waals surface area contributed by atoms with E-state index in [0.717, 1.165) is 26.7 Å². The minimum absolute atomic E-state index is 0.513. The standard InChI is InChI=1S/C23H21FN4OS/c24-22-9-6-15(14-26-22)20-12-18(10-11-25-20)29-17-7-8-19-21(13-17)30-23(28-19)27-16-4-2-1-3-5-16/h6-14,16H,1-5H2,(H,27,28). The quantitative estimate of drug-likeness (QED) is 0.377. The number of halogens is 1. The van der Waals surface area contributed by atoms with Gasteiger partial charge in [-0.2, -0.15) is 4.39 Å². The van der Waals surface area contributed by atoms with Crippen LogP contribution >= 0.6 is 11.3 Å². The van der Waals surface area contributed by atoms with Gasteiger partial charge in [0.05, 0.1) is 15.9 Å². The van der Waals surface area contributed by atoms with Crippen molar-refractivity contribution in [3.8, 4) is 22.8 Å². The minimum Gasteiger partial charge on any atom is -0.457 e. The Morgan fingerprint density at radius 1 is 0.967 bits per heavy atom. The molecule has 0 amide bonds. The van der Waals surface area contributed by atoms with Crippen molar-refractivity contribution >= 4 is 26.7 Å². The van der Waals surface area contributed by atoms with Gasteiger partial charge in [0.2, 0.25) is 5.95 Å². The van der Waals surface area contributed by atoms with Crippen molar-refractivity contribution in [1.82, 2.24) is 15.0 Å². The highest BCUT2D eigenvalue weighted by Gasteiger charge is 2.15. The van der Waals surface area contributed by atoms with Crippen LogP contribution in [0.5, 0.6) is 11.5 Å². The molecule has 0 unspecified atom stereocenters. The van der Waals surface area contributed by atoms with Crippen molar-refractivity contribution in [2.24, 2.45) is 0 Å². The second kappa shape index (κ2) is 8.36. The molecule has 0 spiro atoms. The molecule has 30 heavy (non-hydrogen) atoms. The van der Waals surface area contributed by atoms with Crippen LogP contribution in [0.4, 0.5) is 9.52 Å². The second-order valence-corrected chi connectivity index (χ2v) is 8.51. The van der Waals surface area contributed by atoms with E-state index in [1.54, 1.807) is 29.7 Å². The van der Waals surface area contributed by atoms with Gasteiger partial charge in [0.25, 0.3) is 0 Å². The van der Waals surface area contributed by atoms with Crippen LogP contribution in [-0.4, -0.2) is 21.0 Å². The molecule has 0 atom stereocenters. The van der Waals surface area contributed by atoms with E-state index in [0.29, 0.717) is 17.5 Å². The van der Waals surface area contributed by atoms with Crippen LogP contribution in [0.3, 0.4) is 0 Å². The van der Waals surface area contributed by atoms with E-state index >= 15 is 0 Å². The van der Waals surface area contributed by atoms with Crippen molar-refractivity contribution in [2.75, 3.05) is 5.32 Å². The Labute approximate surface area is 178 Å². The molecule has 1 aliphatic carbocycles. The summed E-state index contributed by atoms with van der Waals surface area (Å²) >= 11 is 1.66. The first-order valence-corrected chi connectivity index (χ1v) is 11.0. The zero-order valence-electron chi connectivity index (χ0n) is 16.3. The molecule has 1 N–H and O–H groups in total. The fourth-order valence-electron chi connectivity index (χ4n) is 3.75. The maximum atomic E-state index is 13.1. The molecule has 0 bridgehead atoms. The topological polar surface area (TPSA) is 59.9 Å². The Kier molecular flexibility index (Phi) is 5.27. The number of nitrogens with zero attached hydrogens (tertiary/aromatic N) is 3. The number of benzene rings is 1. The molecule has 1 aromatic carbocycles. The first-order chi connectivity index (χ1) is 14.7. The zero-order chi connectivity index (χ0) is 20.3. The number of rotatable bonds is 5. The lowest BCUT2D eigenvalue weighted by molar-refractivity contribution is 0.462. The second-order valence-electron chi connectivity index (χ2n) is 7.48. The zero-order valence-corrected chi connectivity index (χ0v) is 17.2. The number of anilines is 1. The highest BCUT2D eigenvalue weighted by Crippen LogP contribution is 2.33. The van der Waals surface area contributed by atoms with E-state index in [9.17, 15) is 4.39 Å². The highest BCUT2D eigenvalue weighted by atomic mass is 32.1. The average molecular weight is 421 g/mol. The molecule has 0 saturated heterocycles. The van der Waals surface area contributed by atoms with Gasteiger partial charge in [-0.25, -0.2) is 9.97 Å². The summed E-state index contributed by atoms with van der Waals surface area (Å²) in [4.78, 5) is 12.7. The first kappa shape index (κ1) is 18.9. The lowest BCUT2D eigenvalue weighted by atomic mass is 9.96. The molecule has 152 valence electrons. The first-order valence-electron chi connectivity index (χ1n) is 10.2. The van der Waals surface area contributed by atoms with Gasteiger partial charge in [0.1, 0.15) is 11.5 Å². The van der Waals surface area contributed by atoms with Crippen LogP contribution in [-0.2, 0) is 0 Å². The summed E-state index contributed by atoms with van der Waals surface area (Å²) in [6.07, 6.45) is 9.51. The van der Waals surface area contributed by atoms with Crippen molar-refractivity contribution < 1.29 is 9.13 Å². The Bertz CT molecular complexity index is 1160. The van der Waals surface area contributed by atoms with Gasteiger partial charge in [0, 0.05) is 36.1 Å². The van der Waals surface area contributed by atoms with Gasteiger partial charge in [0.15, 0.2) is 5.13 Å². The minimum atomic E-state index is -0.513. The Morgan fingerprint density at radius 3 is 2.67 bits per heavy atom. The Balaban J connectivity index is 1.34. The van der Waals surface area contributed by atoms with Gasteiger partial charge in [-0.05, 0) is 43.2 Å². The molecule has 0 radical (unpaired) electrons. The summed E-state index contributed by atoms with van der Waals surface area (Å²) in [7, 11) is 0. The molecule has 0 aliphatic heterocycles. The fraction of sp³-hybridized carbons (Fsp3) is 0.261. The third kappa shape index (κ3) is 4.26. The highest BCUT2D eigenvalue weighted by molar-refractivity contribution is 7.22. The van der Waals surface area contributed by atoms with Gasteiger partial charge >= 0.3 is 0 Å². The molecule has 1 aliphatic rings. The number of fused-ring (bicyclic) bond motifs is 1. The Hall–Kier alpha value is -3.06. The molecule has 5 nitrogen and oxygen atoms in total. The van der Waals surface area contributed by atoms with Crippen molar-refractivity contribution in [2.45, 2.75) is 38.1 Å². The van der Waals surface area contributed by atoms with E-state index in [1.807, 2.05) is 24.3 Å². The SMILES string of the molecule is Fc1ccc(-c2cc(Oc3ccc4nc(NC5CCCCC5)sc4c3)ccn2)cn1. The fourth-order valence-corrected chi connectivity index (χ4v) is 4.72. The van der Waals surface area contributed by atoms with E-state index in [-0.39, 0.29) is 0 Å². The summed E-state index contributed by atoms with van der Waals surface area (Å²) in [6.45, 7) is 0. The van der Waals surface area contributed by atoms with Gasteiger partial charge < -0.3 is 10.1 Å². The molecule has 4 aromatic rings. The predicted octanol–water partition coefficient (Wildman–Crippen LogP) is 6.43. The summed E-state index contributed by atoms with van der Waals surface area (Å²) < 4.78 is 20.2. The van der Waals surface area contributed by atoms with Crippen molar-refractivity contribution in [3.05, 3.63) is 60.8 Å². The number of ether oxygens (including phenoxy) is 1. The predicted molar refractivity (Wildman–Crippen MR) is 118 cm³/mol. The molecule has 1 saturated carbocycles. The largest absolute Gasteiger partial charge is 0.457 e. The summed E-state index contributed by atoms with van der Waals surface area (Å²) in [5.41, 5.74) is 2.38. The number of nitrogens with one attached hydrogen (secondary N) is 1. The summed E-state index contributed by atoms with van der Waals surface area (Å²) in [5, 5.41) is 4.57. The van der Waals surface area contributed by atoms with Gasteiger partial charge in [-0.3, -0.25) is 4.98 Å². The molecule has 1 fully saturated rings. The van der Waals surface area contributed by atoms with E-state index < -0.39 is 5.95 Å². The lowest BCUT2D eigenvalue weighted by Crippen LogP contribution is -2.21. The van der Waals surface area contributed by atoms with Crippen LogP contribution in [0, 0.1) is 5.95 Å². The normalized spacial score (nSPS) is 14.7. The van der Waals surface area contributed by atoms with Crippen LogP contribution in [0.1, 0.15) is 32.1 Å². The van der Waals surface area contributed by atoms with E-state index in [4.69, 9.17) is 9.72 Å². The number of hydrogen-bond donors (Lipinski definition) is 1. The molecular formula is C23H21FN4OS. The van der Waals surface area contributed by atoms with Gasteiger partial charge in [-0.15, -0.1) is 0 Å². The number of aromatic nitrogens is 3. The van der Waals surface area contributed by atoms with Gasteiger partial charge in [-0.1, -0.05) is 30.6 Å². The molecule has 7 heteroatoms. The van der Waals surface area contributed by atoms with Crippen LogP contribution < -0.4 is 10.1 Å². The summed E-state index contributed by atoms with van der Waals surface area (Å²) in [6, 6.07) is 13.0. The van der Waals surface area contributed by atoms with E-state index in [1.165, 1.54) is 44.4 Å². The van der Waals surface area contributed by atoms with Crippen LogP contribution in [0.2, 0.25) is 0 Å². The third-order valence-corrected chi connectivity index (χ3v) is 6.23. The average Bonchev–Trinajstić information content (AvgIpc) is 3.17. The maximum Gasteiger partial charge on any atom is 0.212 e. The lowest BCUT2D eigenvalue weighted by Gasteiger charge is -2.22. The van der Waals surface area contributed by atoms with Crippen LogP contribution in [0.25, 0.3) is 21.5 Å². The monoisotopic (exact) mass is 420 g/mol. The van der Waals surface area contributed by atoms with E-state index in [2.05, 4.69) is 15.3 Å². The summed E-state index contributed by atoms with van der Waals surface area (Å²) in [5.74, 6) is 0.889. The molecule has 3 heterocycles.